The summed E-state index contributed by atoms with van der Waals surface area (Å²) in [7, 11) is 0. The normalized spacial score (nSPS) is 11.8. The largest absolute Gasteiger partial charge is 0.309 e. The molecule has 0 bridgehead atoms. The molecule has 63 heavy (non-hydrogen) atoms. The molecule has 4 aromatic heterocycles. The molecular formula is C57H35N5S. The summed E-state index contributed by atoms with van der Waals surface area (Å²) in [5.41, 5.74) is 12.1. The minimum absolute atomic E-state index is 0.627. The number of rotatable bonds is 6. The maximum Gasteiger partial charge on any atom is 0.164 e. The van der Waals surface area contributed by atoms with Gasteiger partial charge in [0.1, 0.15) is 0 Å². The summed E-state index contributed by atoms with van der Waals surface area (Å²) < 4.78 is 7.45. The van der Waals surface area contributed by atoms with Crippen LogP contribution in [-0.2, 0) is 0 Å². The van der Waals surface area contributed by atoms with Crippen molar-refractivity contribution in [2.24, 2.45) is 0 Å². The third-order valence-corrected chi connectivity index (χ3v) is 13.6. The lowest BCUT2D eigenvalue weighted by Gasteiger charge is -2.12. The van der Waals surface area contributed by atoms with Crippen molar-refractivity contribution < 1.29 is 0 Å². The average molecular weight is 822 g/mol. The fourth-order valence-electron chi connectivity index (χ4n) is 9.47. The highest BCUT2D eigenvalue weighted by atomic mass is 32.1. The Kier molecular flexibility index (Phi) is 8.01. The highest BCUT2D eigenvalue weighted by Gasteiger charge is 2.19. The standard InChI is InChI=1S/C57H35N5S/c1-3-15-36(16-4-1)55-58-56(37-17-5-2-6-18-37)60-57(59-55)40-19-13-20-41(33-40)61-48-25-10-7-21-42(48)44-31-29-39(35-52(44)61)38-30-32-50-47(34-38)43-22-8-11-26-49(43)62(50)51-27-14-24-46-45-23-9-12-28-53(45)63-54(46)51/h1-35H. The topological polar surface area (TPSA) is 48.5 Å². The molecule has 0 saturated heterocycles. The van der Waals surface area contributed by atoms with Crippen LogP contribution in [0.2, 0.25) is 0 Å². The van der Waals surface area contributed by atoms with Crippen molar-refractivity contribution >= 4 is 75.1 Å². The summed E-state index contributed by atoms with van der Waals surface area (Å²) in [6.07, 6.45) is 0. The fourth-order valence-corrected chi connectivity index (χ4v) is 10.7. The Balaban J connectivity index is 0.967. The lowest BCUT2D eigenvalue weighted by molar-refractivity contribution is 1.07. The van der Waals surface area contributed by atoms with Gasteiger partial charge in [0.05, 0.1) is 32.5 Å². The van der Waals surface area contributed by atoms with Gasteiger partial charge in [-0.15, -0.1) is 11.3 Å². The molecule has 13 rings (SSSR count). The van der Waals surface area contributed by atoms with Crippen LogP contribution in [-0.4, -0.2) is 24.1 Å². The fraction of sp³-hybridized carbons (Fsp3) is 0. The van der Waals surface area contributed by atoms with Gasteiger partial charge in [-0.2, -0.15) is 0 Å². The summed E-state index contributed by atoms with van der Waals surface area (Å²) >= 11 is 1.87. The van der Waals surface area contributed by atoms with Crippen LogP contribution in [0.1, 0.15) is 0 Å². The van der Waals surface area contributed by atoms with Crippen molar-refractivity contribution in [3.63, 3.8) is 0 Å². The maximum atomic E-state index is 5.06. The molecule has 294 valence electrons. The Morgan fingerprint density at radius 2 is 0.825 bits per heavy atom. The van der Waals surface area contributed by atoms with E-state index in [0.717, 1.165) is 39.0 Å². The molecule has 0 spiro atoms. The predicted octanol–water partition coefficient (Wildman–Crippen LogP) is 15.1. The second-order valence-corrected chi connectivity index (χ2v) is 17.1. The summed E-state index contributed by atoms with van der Waals surface area (Å²) in [5.74, 6) is 1.91. The van der Waals surface area contributed by atoms with E-state index in [9.17, 15) is 0 Å². The van der Waals surface area contributed by atoms with Gasteiger partial charge in [0.15, 0.2) is 17.5 Å². The van der Waals surface area contributed by atoms with Gasteiger partial charge in [-0.3, -0.25) is 0 Å². The van der Waals surface area contributed by atoms with Crippen LogP contribution in [0.25, 0.3) is 120 Å². The molecule has 4 heterocycles. The molecule has 0 aliphatic heterocycles. The number of para-hydroxylation sites is 2. The molecule has 0 atom stereocenters. The van der Waals surface area contributed by atoms with Crippen molar-refractivity contribution in [1.29, 1.82) is 0 Å². The number of nitrogens with zero attached hydrogens (tertiary/aromatic N) is 5. The molecule has 5 nitrogen and oxygen atoms in total. The van der Waals surface area contributed by atoms with Crippen LogP contribution < -0.4 is 0 Å². The molecule has 0 radical (unpaired) electrons. The van der Waals surface area contributed by atoms with E-state index in [0.29, 0.717) is 17.5 Å². The Morgan fingerprint density at radius 1 is 0.302 bits per heavy atom. The Hall–Kier alpha value is -8.19. The summed E-state index contributed by atoms with van der Waals surface area (Å²) in [4.78, 5) is 15.1. The summed E-state index contributed by atoms with van der Waals surface area (Å²) in [5, 5.41) is 7.48. The van der Waals surface area contributed by atoms with Crippen molar-refractivity contribution in [2.45, 2.75) is 0 Å². The summed E-state index contributed by atoms with van der Waals surface area (Å²) in [6.45, 7) is 0. The molecule has 6 heteroatoms. The number of aromatic nitrogens is 5. The molecule has 0 N–H and O–H groups in total. The molecule has 13 aromatic rings. The Morgan fingerprint density at radius 3 is 1.57 bits per heavy atom. The van der Waals surface area contributed by atoms with Crippen molar-refractivity contribution in [2.75, 3.05) is 0 Å². The number of hydrogen-bond acceptors (Lipinski definition) is 4. The van der Waals surface area contributed by atoms with E-state index in [2.05, 4.69) is 161 Å². The number of benzene rings is 9. The van der Waals surface area contributed by atoms with E-state index in [1.165, 1.54) is 64.0 Å². The second kappa shape index (κ2) is 14.2. The zero-order chi connectivity index (χ0) is 41.4. The van der Waals surface area contributed by atoms with Crippen LogP contribution in [0.15, 0.2) is 212 Å². The SMILES string of the molecule is c1ccc(-c2nc(-c3ccccc3)nc(-c3cccc(-n4c5ccccc5c5ccc(-c6ccc7c(c6)c6ccccc6n7-c6cccc7c6sc6ccccc67)cc54)c3)n2)cc1. The van der Waals surface area contributed by atoms with Crippen LogP contribution in [0, 0.1) is 0 Å². The number of fused-ring (bicyclic) bond motifs is 9. The van der Waals surface area contributed by atoms with Gasteiger partial charge in [-0.25, -0.2) is 15.0 Å². The molecule has 9 aromatic carbocycles. The molecular weight excluding hydrogens is 787 g/mol. The monoisotopic (exact) mass is 821 g/mol. The van der Waals surface area contributed by atoms with Gasteiger partial charge in [0.2, 0.25) is 0 Å². The third kappa shape index (κ3) is 5.73. The van der Waals surface area contributed by atoms with Crippen LogP contribution >= 0.6 is 11.3 Å². The summed E-state index contributed by atoms with van der Waals surface area (Å²) in [6, 6.07) is 75.7. The molecule has 0 aliphatic carbocycles. The minimum Gasteiger partial charge on any atom is -0.309 e. The van der Waals surface area contributed by atoms with Gasteiger partial charge in [-0.05, 0) is 65.7 Å². The zero-order valence-electron chi connectivity index (χ0n) is 33.9. The molecule has 0 saturated carbocycles. The first-order valence-corrected chi connectivity index (χ1v) is 22.0. The highest BCUT2D eigenvalue weighted by Crippen LogP contribution is 2.42. The maximum absolute atomic E-state index is 5.06. The Labute approximate surface area is 366 Å². The highest BCUT2D eigenvalue weighted by molar-refractivity contribution is 7.26. The second-order valence-electron chi connectivity index (χ2n) is 16.0. The zero-order valence-corrected chi connectivity index (χ0v) is 34.7. The molecule has 0 unspecified atom stereocenters. The smallest absolute Gasteiger partial charge is 0.164 e. The van der Waals surface area contributed by atoms with Crippen molar-refractivity contribution in [3.05, 3.63) is 212 Å². The van der Waals surface area contributed by atoms with Crippen LogP contribution in [0.5, 0.6) is 0 Å². The van der Waals surface area contributed by atoms with E-state index in [1.54, 1.807) is 0 Å². The van der Waals surface area contributed by atoms with Crippen molar-refractivity contribution in [3.8, 4) is 56.7 Å². The van der Waals surface area contributed by atoms with Crippen molar-refractivity contribution in [1.82, 2.24) is 24.1 Å². The van der Waals surface area contributed by atoms with E-state index < -0.39 is 0 Å². The van der Waals surface area contributed by atoms with Gasteiger partial charge < -0.3 is 9.13 Å². The Bertz CT molecular complexity index is 3860. The quantitative estimate of drug-likeness (QED) is 0.168. The van der Waals surface area contributed by atoms with E-state index in [-0.39, 0.29) is 0 Å². The molecule has 0 fully saturated rings. The van der Waals surface area contributed by atoms with E-state index in [1.807, 2.05) is 72.0 Å². The van der Waals surface area contributed by atoms with Gasteiger partial charge in [0.25, 0.3) is 0 Å². The van der Waals surface area contributed by atoms with Crippen LogP contribution in [0.4, 0.5) is 0 Å². The van der Waals surface area contributed by atoms with E-state index >= 15 is 0 Å². The first-order chi connectivity index (χ1) is 31.2. The van der Waals surface area contributed by atoms with Gasteiger partial charge >= 0.3 is 0 Å². The predicted molar refractivity (Wildman–Crippen MR) is 263 cm³/mol. The lowest BCUT2D eigenvalue weighted by atomic mass is 10.0. The van der Waals surface area contributed by atoms with Crippen LogP contribution in [0.3, 0.4) is 0 Å². The lowest BCUT2D eigenvalue weighted by Crippen LogP contribution is -2.01. The number of hydrogen-bond donors (Lipinski definition) is 0. The third-order valence-electron chi connectivity index (χ3n) is 12.4. The number of thiophene rings is 1. The van der Waals surface area contributed by atoms with E-state index in [4.69, 9.17) is 15.0 Å². The molecule has 0 aliphatic rings. The molecule has 0 amide bonds. The average Bonchev–Trinajstić information content (AvgIpc) is 4.02. The first-order valence-electron chi connectivity index (χ1n) is 21.2. The minimum atomic E-state index is 0.627. The first kappa shape index (κ1) is 35.6. The van der Waals surface area contributed by atoms with Gasteiger partial charge in [-0.1, -0.05) is 158 Å². The van der Waals surface area contributed by atoms with Gasteiger partial charge in [0, 0.05) is 59.4 Å².